The Kier molecular flexibility index (Phi) is 4.74. The van der Waals surface area contributed by atoms with Crippen LogP contribution in [0, 0.1) is 11.6 Å². The first-order valence-corrected chi connectivity index (χ1v) is 7.64. The highest BCUT2D eigenvalue weighted by Gasteiger charge is 2.22. The molecule has 0 unspecified atom stereocenters. The van der Waals surface area contributed by atoms with Gasteiger partial charge in [-0.2, -0.15) is 0 Å². The number of aromatic nitrogens is 2. The number of nitrogens with zero attached hydrogens (tertiary/aromatic N) is 2. The Morgan fingerprint density at radius 1 is 1.12 bits per heavy atom. The first-order chi connectivity index (χ1) is 12.5. The molecule has 0 aliphatic heterocycles. The second kappa shape index (κ2) is 7.14. The van der Waals surface area contributed by atoms with Crippen LogP contribution in [0.15, 0.2) is 55.3 Å². The monoisotopic (exact) mass is 356 g/mol. The zero-order chi connectivity index (χ0) is 18.7. The number of rotatable bonds is 5. The average Bonchev–Trinajstić information content (AvgIpc) is 3.02. The van der Waals surface area contributed by atoms with Crippen molar-refractivity contribution in [1.82, 2.24) is 14.7 Å². The van der Waals surface area contributed by atoms with E-state index in [0.29, 0.717) is 5.52 Å². The summed E-state index contributed by atoms with van der Waals surface area (Å²) in [5.74, 6) is -3.35. The van der Waals surface area contributed by atoms with E-state index in [4.69, 9.17) is 0 Å². The van der Waals surface area contributed by atoms with Crippen LogP contribution in [0.25, 0.3) is 5.52 Å². The molecule has 1 aromatic carbocycles. The maximum atomic E-state index is 13.8. The molecule has 0 aliphatic rings. The Morgan fingerprint density at radius 3 is 2.54 bits per heavy atom. The number of para-hydroxylation sites is 1. The lowest BCUT2D eigenvalue weighted by Gasteiger charge is -2.06. The average molecular weight is 356 g/mol. The molecular formula is C18H14F2N4O2. The third-order valence-corrected chi connectivity index (χ3v) is 3.57. The number of anilines is 1. The van der Waals surface area contributed by atoms with Crippen molar-refractivity contribution in [2.75, 3.05) is 11.9 Å². The molecular weight excluding hydrogens is 342 g/mol. The first kappa shape index (κ1) is 17.3. The predicted octanol–water partition coefficient (Wildman–Crippen LogP) is 2.78. The third kappa shape index (κ3) is 3.16. The lowest BCUT2D eigenvalue weighted by atomic mass is 10.3. The molecule has 0 spiro atoms. The minimum Gasteiger partial charge on any atom is -0.347 e. The number of nitrogens with one attached hydrogen (secondary N) is 2. The molecule has 132 valence electrons. The highest BCUT2D eigenvalue weighted by molar-refractivity contribution is 6.06. The minimum atomic E-state index is -0.914. The van der Waals surface area contributed by atoms with Crippen LogP contribution in [-0.2, 0) is 0 Å². The summed E-state index contributed by atoms with van der Waals surface area (Å²) < 4.78 is 28.9. The summed E-state index contributed by atoms with van der Waals surface area (Å²) in [6, 6.07) is 8.16. The van der Waals surface area contributed by atoms with Crippen LogP contribution in [0.3, 0.4) is 0 Å². The fraction of sp³-hybridized carbons (Fsp3) is 0.0556. The summed E-state index contributed by atoms with van der Waals surface area (Å²) in [5, 5.41) is 4.74. The van der Waals surface area contributed by atoms with Gasteiger partial charge in [-0.25, -0.2) is 13.8 Å². The zero-order valence-corrected chi connectivity index (χ0v) is 13.5. The van der Waals surface area contributed by atoms with Crippen LogP contribution in [-0.4, -0.2) is 27.7 Å². The number of imidazole rings is 1. The Labute approximate surface area is 147 Å². The van der Waals surface area contributed by atoms with Gasteiger partial charge >= 0.3 is 0 Å². The second-order valence-electron chi connectivity index (χ2n) is 5.29. The summed E-state index contributed by atoms with van der Waals surface area (Å²) in [4.78, 5) is 28.8. The smallest absolute Gasteiger partial charge is 0.292 e. The third-order valence-electron chi connectivity index (χ3n) is 3.57. The number of pyridine rings is 1. The van der Waals surface area contributed by atoms with Crippen molar-refractivity contribution < 1.29 is 18.4 Å². The summed E-state index contributed by atoms with van der Waals surface area (Å²) in [5.41, 5.74) is -0.178. The number of halogens is 2. The molecule has 0 fully saturated rings. The maximum Gasteiger partial charge on any atom is 0.292 e. The lowest BCUT2D eigenvalue weighted by molar-refractivity contribution is 0.0955. The van der Waals surface area contributed by atoms with Gasteiger partial charge in [0.2, 0.25) is 5.82 Å². The highest BCUT2D eigenvalue weighted by Crippen LogP contribution is 2.20. The standard InChI is InChI=1S/C18H14F2N4O2/c1-2-9-21-17(25)15-13-8-3-4-10-24(13)16(22-15)18(26)23-14-11(19)6-5-7-12(14)20/h2-8,10H,1,9H2,(H,21,25)(H,23,26). The quantitative estimate of drug-likeness (QED) is 0.690. The Hall–Kier alpha value is -3.55. The van der Waals surface area contributed by atoms with Crippen molar-refractivity contribution in [2.24, 2.45) is 0 Å². The number of hydrogen-bond donors (Lipinski definition) is 2. The van der Waals surface area contributed by atoms with Gasteiger partial charge in [0.15, 0.2) is 5.69 Å². The van der Waals surface area contributed by atoms with E-state index in [1.165, 1.54) is 22.7 Å². The fourth-order valence-corrected chi connectivity index (χ4v) is 2.40. The molecule has 6 nitrogen and oxygen atoms in total. The molecule has 0 saturated heterocycles. The van der Waals surface area contributed by atoms with E-state index < -0.39 is 29.1 Å². The molecule has 26 heavy (non-hydrogen) atoms. The van der Waals surface area contributed by atoms with E-state index >= 15 is 0 Å². The van der Waals surface area contributed by atoms with Crippen molar-refractivity contribution >= 4 is 23.0 Å². The Morgan fingerprint density at radius 2 is 1.85 bits per heavy atom. The number of amides is 2. The molecule has 2 aromatic heterocycles. The van der Waals surface area contributed by atoms with E-state index in [9.17, 15) is 18.4 Å². The number of benzene rings is 1. The molecule has 8 heteroatoms. The molecule has 0 saturated carbocycles. The van der Waals surface area contributed by atoms with Gasteiger partial charge in [0.1, 0.15) is 17.3 Å². The van der Waals surface area contributed by atoms with Crippen LogP contribution in [0.1, 0.15) is 21.1 Å². The van der Waals surface area contributed by atoms with Gasteiger partial charge in [-0.3, -0.25) is 14.0 Å². The van der Waals surface area contributed by atoms with Gasteiger partial charge in [-0.1, -0.05) is 18.2 Å². The number of fused-ring (bicyclic) bond motifs is 1. The second-order valence-corrected chi connectivity index (χ2v) is 5.29. The van der Waals surface area contributed by atoms with E-state index in [1.807, 2.05) is 0 Å². The molecule has 0 bridgehead atoms. The van der Waals surface area contributed by atoms with Gasteiger partial charge in [-0.05, 0) is 24.3 Å². The van der Waals surface area contributed by atoms with Gasteiger partial charge < -0.3 is 10.6 Å². The highest BCUT2D eigenvalue weighted by atomic mass is 19.1. The molecule has 3 aromatic rings. The lowest BCUT2D eigenvalue weighted by Crippen LogP contribution is -2.24. The Bertz CT molecular complexity index is 993. The zero-order valence-electron chi connectivity index (χ0n) is 13.5. The summed E-state index contributed by atoms with van der Waals surface area (Å²) in [6.07, 6.45) is 3.03. The molecule has 0 aliphatic carbocycles. The predicted molar refractivity (Wildman–Crippen MR) is 92.0 cm³/mol. The summed E-state index contributed by atoms with van der Waals surface area (Å²) in [6.45, 7) is 3.74. The molecule has 2 N–H and O–H groups in total. The van der Waals surface area contributed by atoms with E-state index in [2.05, 4.69) is 22.2 Å². The topological polar surface area (TPSA) is 75.5 Å². The number of carbonyl (C=O) groups excluding carboxylic acids is 2. The molecule has 2 heterocycles. The van der Waals surface area contributed by atoms with Crippen LogP contribution >= 0.6 is 0 Å². The van der Waals surface area contributed by atoms with E-state index in [-0.39, 0.29) is 18.1 Å². The maximum absolute atomic E-state index is 13.8. The van der Waals surface area contributed by atoms with Gasteiger partial charge in [0.05, 0.1) is 5.52 Å². The van der Waals surface area contributed by atoms with Crippen molar-refractivity contribution in [2.45, 2.75) is 0 Å². The fourth-order valence-electron chi connectivity index (χ4n) is 2.40. The number of carbonyl (C=O) groups is 2. The normalized spacial score (nSPS) is 10.5. The first-order valence-electron chi connectivity index (χ1n) is 7.64. The molecule has 3 rings (SSSR count). The molecule has 0 radical (unpaired) electrons. The van der Waals surface area contributed by atoms with E-state index in [0.717, 1.165) is 12.1 Å². The minimum absolute atomic E-state index is 0.0200. The van der Waals surface area contributed by atoms with Gasteiger partial charge in [0.25, 0.3) is 11.8 Å². The van der Waals surface area contributed by atoms with E-state index in [1.54, 1.807) is 18.2 Å². The van der Waals surface area contributed by atoms with Gasteiger partial charge in [-0.15, -0.1) is 6.58 Å². The van der Waals surface area contributed by atoms with Crippen LogP contribution < -0.4 is 10.6 Å². The van der Waals surface area contributed by atoms with Crippen molar-refractivity contribution in [3.8, 4) is 0 Å². The van der Waals surface area contributed by atoms with Crippen molar-refractivity contribution in [1.29, 1.82) is 0 Å². The van der Waals surface area contributed by atoms with Crippen LogP contribution in [0.4, 0.5) is 14.5 Å². The van der Waals surface area contributed by atoms with Crippen LogP contribution in [0.2, 0.25) is 0 Å². The Balaban J connectivity index is 2.01. The van der Waals surface area contributed by atoms with Gasteiger partial charge in [0, 0.05) is 12.7 Å². The summed E-state index contributed by atoms with van der Waals surface area (Å²) in [7, 11) is 0. The van der Waals surface area contributed by atoms with Crippen LogP contribution in [0.5, 0.6) is 0 Å². The SMILES string of the molecule is C=CCNC(=O)c1nc(C(=O)Nc2c(F)cccc2F)n2ccccc12. The van der Waals surface area contributed by atoms with Crippen molar-refractivity contribution in [3.63, 3.8) is 0 Å². The summed E-state index contributed by atoms with van der Waals surface area (Å²) >= 11 is 0. The largest absolute Gasteiger partial charge is 0.347 e. The number of hydrogen-bond acceptors (Lipinski definition) is 3. The molecule has 0 atom stereocenters. The van der Waals surface area contributed by atoms with Crippen molar-refractivity contribution in [3.05, 3.63) is 78.4 Å². The molecule has 2 amide bonds.